The minimum atomic E-state index is -1.17. The fourth-order valence-corrected chi connectivity index (χ4v) is 3.40. The van der Waals surface area contributed by atoms with Crippen LogP contribution in [0.25, 0.3) is 0 Å². The Balaban J connectivity index is 1.71. The van der Waals surface area contributed by atoms with Gasteiger partial charge in [0.1, 0.15) is 30.2 Å². The highest BCUT2D eigenvalue weighted by molar-refractivity contribution is 5.31. The van der Waals surface area contributed by atoms with E-state index in [4.69, 9.17) is 14.2 Å². The van der Waals surface area contributed by atoms with Gasteiger partial charge in [-0.1, -0.05) is 12.1 Å². The van der Waals surface area contributed by atoms with Gasteiger partial charge < -0.3 is 39.7 Å². The highest BCUT2D eigenvalue weighted by Gasteiger charge is 2.38. The van der Waals surface area contributed by atoms with E-state index in [9.17, 15) is 25.5 Å². The van der Waals surface area contributed by atoms with Gasteiger partial charge in [0, 0.05) is 12.8 Å². The van der Waals surface area contributed by atoms with E-state index in [0.29, 0.717) is 17.7 Å². The quantitative estimate of drug-likeness (QED) is 0.478. The molecule has 0 aliphatic carbocycles. The summed E-state index contributed by atoms with van der Waals surface area (Å²) >= 11 is 0. The summed E-state index contributed by atoms with van der Waals surface area (Å²) in [5, 5.41) is 49.1. The van der Waals surface area contributed by atoms with Crippen LogP contribution in [-0.4, -0.2) is 75.1 Å². The number of aliphatic hydroxyl groups is 5. The Morgan fingerprint density at radius 2 is 1.77 bits per heavy atom. The van der Waals surface area contributed by atoms with Gasteiger partial charge in [-0.2, -0.15) is 0 Å². The van der Waals surface area contributed by atoms with Crippen molar-refractivity contribution in [3.05, 3.63) is 29.8 Å². The monoisotopic (exact) mass is 370 g/mol. The van der Waals surface area contributed by atoms with E-state index in [2.05, 4.69) is 0 Å². The Hall–Kier alpha value is -1.26. The molecule has 5 unspecified atom stereocenters. The van der Waals surface area contributed by atoms with Gasteiger partial charge >= 0.3 is 0 Å². The molecular weight excluding hydrogens is 344 g/mol. The third-order valence-corrected chi connectivity index (χ3v) is 4.83. The van der Waals surface area contributed by atoms with E-state index >= 15 is 0 Å². The zero-order valence-corrected chi connectivity index (χ0v) is 14.5. The van der Waals surface area contributed by atoms with Gasteiger partial charge in [0.15, 0.2) is 0 Å². The maximum absolute atomic E-state index is 10.2. The smallest absolute Gasteiger partial charge is 0.202 e. The lowest BCUT2D eigenvalue weighted by Gasteiger charge is -2.37. The van der Waals surface area contributed by atoms with Gasteiger partial charge in [-0.05, 0) is 24.6 Å². The molecule has 146 valence electrons. The Bertz CT molecular complexity index is 596. The van der Waals surface area contributed by atoms with Crippen LogP contribution in [0.3, 0.4) is 0 Å². The largest absolute Gasteiger partial charge is 0.465 e. The van der Waals surface area contributed by atoms with Crippen LogP contribution in [-0.2, 0) is 9.47 Å². The molecule has 8 atom stereocenters. The van der Waals surface area contributed by atoms with E-state index in [-0.39, 0.29) is 12.5 Å². The van der Waals surface area contributed by atoms with Crippen molar-refractivity contribution in [2.45, 2.75) is 68.8 Å². The van der Waals surface area contributed by atoms with Crippen LogP contribution in [0.4, 0.5) is 0 Å². The molecule has 0 saturated carbocycles. The molecule has 26 heavy (non-hydrogen) atoms. The molecule has 2 saturated heterocycles. The second-order valence-electron chi connectivity index (χ2n) is 6.93. The predicted octanol–water partition coefficient (Wildman–Crippen LogP) is -0.534. The Morgan fingerprint density at radius 1 is 1.04 bits per heavy atom. The Labute approximate surface area is 151 Å². The molecule has 0 bridgehead atoms. The molecule has 0 spiro atoms. The summed E-state index contributed by atoms with van der Waals surface area (Å²) in [6.07, 6.45) is -6.33. The molecular formula is C18H26O8. The first-order valence-corrected chi connectivity index (χ1v) is 8.79. The maximum Gasteiger partial charge on any atom is 0.202 e. The Morgan fingerprint density at radius 3 is 2.50 bits per heavy atom. The van der Waals surface area contributed by atoms with Crippen molar-refractivity contribution in [1.29, 1.82) is 0 Å². The first-order valence-electron chi connectivity index (χ1n) is 8.79. The second-order valence-corrected chi connectivity index (χ2v) is 6.93. The second kappa shape index (κ2) is 8.18. The molecule has 2 aliphatic rings. The lowest BCUT2D eigenvalue weighted by molar-refractivity contribution is -0.230. The number of hydrogen-bond acceptors (Lipinski definition) is 8. The van der Waals surface area contributed by atoms with Crippen molar-refractivity contribution < 1.29 is 39.7 Å². The lowest BCUT2D eigenvalue weighted by atomic mass is 9.93. The number of benzene rings is 1. The zero-order valence-electron chi connectivity index (χ0n) is 14.5. The normalized spacial score (nSPS) is 41.0. The van der Waals surface area contributed by atoms with Gasteiger partial charge in [-0.15, -0.1) is 0 Å². The highest BCUT2D eigenvalue weighted by atomic mass is 16.7. The van der Waals surface area contributed by atoms with Crippen LogP contribution in [0.15, 0.2) is 24.3 Å². The molecule has 1 aromatic rings. The van der Waals surface area contributed by atoms with Crippen molar-refractivity contribution >= 4 is 0 Å². The molecule has 0 aromatic heterocycles. The summed E-state index contributed by atoms with van der Waals surface area (Å²) in [7, 11) is 0. The molecule has 2 aliphatic heterocycles. The SMILES string of the molecule is CC1CC(O)C(O)[C@@H](c2cccc(O[C@@H]3CC(O)[C@H](O)C(CO)O3)c2)O1. The van der Waals surface area contributed by atoms with Crippen molar-refractivity contribution in [3.8, 4) is 5.75 Å². The predicted molar refractivity (Wildman–Crippen MR) is 89.4 cm³/mol. The summed E-state index contributed by atoms with van der Waals surface area (Å²) in [6.45, 7) is 1.40. The van der Waals surface area contributed by atoms with Gasteiger partial charge in [0.2, 0.25) is 6.29 Å². The number of hydrogen-bond donors (Lipinski definition) is 5. The van der Waals surface area contributed by atoms with Gasteiger partial charge in [-0.3, -0.25) is 0 Å². The molecule has 2 fully saturated rings. The summed E-state index contributed by atoms with van der Waals surface area (Å²) < 4.78 is 16.9. The van der Waals surface area contributed by atoms with Gasteiger partial charge in [-0.25, -0.2) is 0 Å². The molecule has 8 nitrogen and oxygen atoms in total. The fraction of sp³-hybridized carbons (Fsp3) is 0.667. The molecule has 1 aromatic carbocycles. The van der Waals surface area contributed by atoms with Gasteiger partial charge in [0.05, 0.1) is 24.9 Å². The standard InChI is InChI=1S/C18H26O8/c1-9-5-12(20)17(23)18(24-9)10-3-2-4-11(6-10)25-15-7-13(21)16(22)14(8-19)26-15/h2-4,6,9,12-23H,5,7-8H2,1H3/t9?,12?,13?,14?,15-,16-,17?,18+/m0/s1. The molecule has 2 heterocycles. The number of aliphatic hydroxyl groups excluding tert-OH is 5. The third kappa shape index (κ3) is 4.17. The van der Waals surface area contributed by atoms with Crippen molar-refractivity contribution in [2.24, 2.45) is 0 Å². The van der Waals surface area contributed by atoms with Crippen LogP contribution < -0.4 is 4.74 Å². The minimum absolute atomic E-state index is 0.0558. The van der Waals surface area contributed by atoms with Crippen LogP contribution in [0.2, 0.25) is 0 Å². The molecule has 3 rings (SSSR count). The van der Waals surface area contributed by atoms with Gasteiger partial charge in [0.25, 0.3) is 0 Å². The molecule has 8 heteroatoms. The lowest BCUT2D eigenvalue weighted by Crippen LogP contribution is -2.51. The summed E-state index contributed by atoms with van der Waals surface area (Å²) in [4.78, 5) is 0. The van der Waals surface area contributed by atoms with Crippen LogP contribution in [0.1, 0.15) is 31.4 Å². The van der Waals surface area contributed by atoms with Crippen molar-refractivity contribution in [3.63, 3.8) is 0 Å². The minimum Gasteiger partial charge on any atom is -0.465 e. The van der Waals surface area contributed by atoms with E-state index in [1.54, 1.807) is 24.3 Å². The topological polar surface area (TPSA) is 129 Å². The molecule has 0 amide bonds. The van der Waals surface area contributed by atoms with E-state index in [1.165, 1.54) is 0 Å². The van der Waals surface area contributed by atoms with E-state index in [1.807, 2.05) is 6.92 Å². The first kappa shape index (κ1) is 19.5. The number of ether oxygens (including phenoxy) is 3. The van der Waals surface area contributed by atoms with Crippen LogP contribution >= 0.6 is 0 Å². The third-order valence-electron chi connectivity index (χ3n) is 4.83. The average Bonchev–Trinajstić information content (AvgIpc) is 2.61. The summed E-state index contributed by atoms with van der Waals surface area (Å²) in [5.74, 6) is 0.427. The first-order chi connectivity index (χ1) is 12.4. The maximum atomic E-state index is 10.2. The summed E-state index contributed by atoms with van der Waals surface area (Å²) in [5.41, 5.74) is 0.649. The highest BCUT2D eigenvalue weighted by Crippen LogP contribution is 2.34. The van der Waals surface area contributed by atoms with Crippen LogP contribution in [0, 0.1) is 0 Å². The van der Waals surface area contributed by atoms with Crippen LogP contribution in [0.5, 0.6) is 5.75 Å². The fourth-order valence-electron chi connectivity index (χ4n) is 3.40. The van der Waals surface area contributed by atoms with Crippen molar-refractivity contribution in [2.75, 3.05) is 6.61 Å². The average molecular weight is 370 g/mol. The summed E-state index contributed by atoms with van der Waals surface area (Å²) in [6, 6.07) is 6.85. The molecule has 0 radical (unpaired) electrons. The van der Waals surface area contributed by atoms with E-state index < -0.39 is 49.5 Å². The van der Waals surface area contributed by atoms with Crippen molar-refractivity contribution in [1.82, 2.24) is 0 Å². The zero-order chi connectivity index (χ0) is 18.8. The molecule has 5 N–H and O–H groups in total. The van der Waals surface area contributed by atoms with E-state index in [0.717, 1.165) is 0 Å². The Kier molecular flexibility index (Phi) is 6.13. The number of rotatable bonds is 4.